The Morgan fingerprint density at radius 2 is 2.05 bits per heavy atom. The average Bonchev–Trinajstić information content (AvgIpc) is 2.87. The van der Waals surface area contributed by atoms with Gasteiger partial charge in [-0.1, -0.05) is 17.0 Å². The zero-order valence-electron chi connectivity index (χ0n) is 10.6. The minimum absolute atomic E-state index is 0.428. The van der Waals surface area contributed by atoms with E-state index in [0.717, 1.165) is 5.56 Å². The van der Waals surface area contributed by atoms with Gasteiger partial charge < -0.3 is 10.2 Å². The third kappa shape index (κ3) is 4.32. The van der Waals surface area contributed by atoms with Gasteiger partial charge in [-0.3, -0.25) is 0 Å². The van der Waals surface area contributed by atoms with Gasteiger partial charge in [0, 0.05) is 10.6 Å². The highest BCUT2D eigenvalue weighted by atomic mass is 35.5. The van der Waals surface area contributed by atoms with Gasteiger partial charge in [-0.25, -0.2) is 10.1 Å². The molecule has 2 rings (SSSR count). The summed E-state index contributed by atoms with van der Waals surface area (Å²) in [5.74, 6) is 0.631. The lowest BCUT2D eigenvalue weighted by atomic mass is 10.2. The van der Waals surface area contributed by atoms with E-state index in [-0.39, 0.29) is 0 Å². The van der Waals surface area contributed by atoms with Gasteiger partial charge in [-0.05, 0) is 36.4 Å². The molecule has 1 heterocycles. The maximum atomic E-state index is 10.1. The number of hydrogen-bond donors (Lipinski definition) is 2. The number of furan rings is 1. The molecular weight excluding hydrogens is 298 g/mol. The van der Waals surface area contributed by atoms with E-state index in [9.17, 15) is 10.1 Å². The van der Waals surface area contributed by atoms with Crippen LogP contribution in [0.1, 0.15) is 5.76 Å². The largest absolute Gasteiger partial charge is 0.455 e. The Hall–Kier alpha value is -2.87. The molecule has 108 valence electrons. The summed E-state index contributed by atoms with van der Waals surface area (Å²) >= 11 is 5.81. The second-order valence-corrected chi connectivity index (χ2v) is 4.24. The molecule has 9 heteroatoms. The van der Waals surface area contributed by atoms with Crippen LogP contribution in [0.15, 0.2) is 51.0 Å². The van der Waals surface area contributed by atoms with E-state index in [1.165, 1.54) is 6.21 Å². The van der Waals surface area contributed by atoms with Crippen LogP contribution in [0.3, 0.4) is 0 Å². The number of hydrazine groups is 1. The molecule has 3 N–H and O–H groups in total. The molecule has 1 aromatic carbocycles. The topological polar surface area (TPSA) is 119 Å². The van der Waals surface area contributed by atoms with Crippen LogP contribution in [0.5, 0.6) is 0 Å². The number of nitro groups is 1. The molecule has 1 aromatic heterocycles. The number of hydrogen-bond acceptors (Lipinski definition) is 5. The number of nitrogens with zero attached hydrogens (tertiary/aromatic N) is 3. The van der Waals surface area contributed by atoms with Crippen LogP contribution < -0.4 is 11.2 Å². The molecule has 0 spiro atoms. The number of nitrogens with two attached hydrogens (primary N) is 1. The van der Waals surface area contributed by atoms with Crippen molar-refractivity contribution in [1.29, 1.82) is 0 Å². The molecule has 0 amide bonds. The zero-order valence-corrected chi connectivity index (χ0v) is 11.3. The van der Waals surface area contributed by atoms with Gasteiger partial charge in [-0.15, -0.1) is 5.10 Å². The van der Waals surface area contributed by atoms with Gasteiger partial charge in [-0.2, -0.15) is 5.10 Å². The molecule has 0 fully saturated rings. The SMILES string of the molecule is N/C(=N/N=C/c1ccc(-c2ccc(Cl)cc2)o1)N[N+](=O)[O-]. The second-order valence-electron chi connectivity index (χ2n) is 3.81. The smallest absolute Gasteiger partial charge is 0.275 e. The molecular formula is C12H10ClN5O3. The molecule has 0 radical (unpaired) electrons. The Morgan fingerprint density at radius 3 is 2.71 bits per heavy atom. The van der Waals surface area contributed by atoms with Crippen molar-refractivity contribution in [2.45, 2.75) is 0 Å². The van der Waals surface area contributed by atoms with Crippen molar-refractivity contribution in [3.05, 3.63) is 57.3 Å². The highest BCUT2D eigenvalue weighted by Gasteiger charge is 2.03. The third-order valence-corrected chi connectivity index (χ3v) is 2.56. The summed E-state index contributed by atoms with van der Waals surface area (Å²) in [4.78, 5) is 10.1. The lowest BCUT2D eigenvalue weighted by Crippen LogP contribution is -2.35. The van der Waals surface area contributed by atoms with Crippen LogP contribution >= 0.6 is 11.6 Å². The lowest BCUT2D eigenvalue weighted by Gasteiger charge is -1.96. The molecule has 21 heavy (non-hydrogen) atoms. The summed E-state index contributed by atoms with van der Waals surface area (Å²) in [5, 5.41) is 16.8. The van der Waals surface area contributed by atoms with Gasteiger partial charge >= 0.3 is 0 Å². The Bertz CT molecular complexity index is 693. The maximum Gasteiger partial charge on any atom is 0.275 e. The highest BCUT2D eigenvalue weighted by molar-refractivity contribution is 6.30. The minimum Gasteiger partial charge on any atom is -0.455 e. The van der Waals surface area contributed by atoms with E-state index in [1.54, 1.807) is 29.7 Å². The molecule has 0 aliphatic heterocycles. The monoisotopic (exact) mass is 307 g/mol. The zero-order chi connectivity index (χ0) is 15.2. The quantitative estimate of drug-likeness (QED) is 0.387. The van der Waals surface area contributed by atoms with Crippen molar-refractivity contribution >= 4 is 23.8 Å². The summed E-state index contributed by atoms with van der Waals surface area (Å²) in [6.07, 6.45) is 1.29. The molecule has 0 saturated carbocycles. The summed E-state index contributed by atoms with van der Waals surface area (Å²) in [6.45, 7) is 0. The lowest BCUT2D eigenvalue weighted by molar-refractivity contribution is -0.525. The highest BCUT2D eigenvalue weighted by Crippen LogP contribution is 2.23. The summed E-state index contributed by atoms with van der Waals surface area (Å²) in [5.41, 5.74) is 7.71. The number of guanidine groups is 1. The minimum atomic E-state index is -0.833. The maximum absolute atomic E-state index is 10.1. The van der Waals surface area contributed by atoms with Crippen LogP contribution in [0, 0.1) is 10.1 Å². The van der Waals surface area contributed by atoms with Gasteiger partial charge in [0.2, 0.25) is 0 Å². The van der Waals surface area contributed by atoms with E-state index in [0.29, 0.717) is 16.5 Å². The first kappa shape index (κ1) is 14.5. The predicted octanol–water partition coefficient (Wildman–Crippen LogP) is 2.03. The Kier molecular flexibility index (Phi) is 4.52. The number of nitrogens with one attached hydrogen (secondary N) is 1. The van der Waals surface area contributed by atoms with Gasteiger partial charge in [0.1, 0.15) is 11.5 Å². The van der Waals surface area contributed by atoms with Crippen molar-refractivity contribution in [3.63, 3.8) is 0 Å². The standard InChI is InChI=1S/C12H10ClN5O3/c13-9-3-1-8(2-4-9)11-6-5-10(21-11)7-15-16-12(14)17-18(19)20/h1-7H,(H3,14,16,17)/b15-7+. The van der Waals surface area contributed by atoms with Crippen molar-refractivity contribution in [1.82, 2.24) is 5.43 Å². The molecule has 0 saturated heterocycles. The molecule has 0 aliphatic carbocycles. The summed E-state index contributed by atoms with van der Waals surface area (Å²) in [6, 6.07) is 10.6. The fourth-order valence-electron chi connectivity index (χ4n) is 1.46. The normalized spacial score (nSPS) is 11.8. The van der Waals surface area contributed by atoms with Crippen LogP contribution in [-0.4, -0.2) is 17.2 Å². The number of halogens is 1. The van der Waals surface area contributed by atoms with Gasteiger partial charge in [0.05, 0.1) is 6.21 Å². The molecule has 0 bridgehead atoms. The fourth-order valence-corrected chi connectivity index (χ4v) is 1.58. The molecule has 8 nitrogen and oxygen atoms in total. The summed E-state index contributed by atoms with van der Waals surface area (Å²) in [7, 11) is 0. The van der Waals surface area contributed by atoms with E-state index in [2.05, 4.69) is 10.2 Å². The second kappa shape index (κ2) is 6.53. The molecule has 0 aliphatic rings. The molecule has 2 aromatic rings. The van der Waals surface area contributed by atoms with Gasteiger partial charge in [0.25, 0.3) is 5.96 Å². The Balaban J connectivity index is 2.06. The fraction of sp³-hybridized carbons (Fsp3) is 0. The van der Waals surface area contributed by atoms with Crippen LogP contribution in [-0.2, 0) is 0 Å². The first-order valence-corrected chi connectivity index (χ1v) is 6.06. The Morgan fingerprint density at radius 1 is 1.33 bits per heavy atom. The van der Waals surface area contributed by atoms with Crippen molar-refractivity contribution in [2.75, 3.05) is 0 Å². The van der Waals surface area contributed by atoms with Gasteiger partial charge in [0.15, 0.2) is 5.03 Å². The van der Waals surface area contributed by atoms with Crippen molar-refractivity contribution in [2.24, 2.45) is 15.9 Å². The predicted molar refractivity (Wildman–Crippen MR) is 78.5 cm³/mol. The van der Waals surface area contributed by atoms with E-state index in [4.69, 9.17) is 21.8 Å². The van der Waals surface area contributed by atoms with Crippen molar-refractivity contribution in [3.8, 4) is 11.3 Å². The molecule has 0 atom stereocenters. The number of rotatable bonds is 4. The number of benzene rings is 1. The van der Waals surface area contributed by atoms with Crippen molar-refractivity contribution < 1.29 is 9.45 Å². The van der Waals surface area contributed by atoms with Crippen LogP contribution in [0.25, 0.3) is 11.3 Å². The van der Waals surface area contributed by atoms with E-state index < -0.39 is 11.0 Å². The third-order valence-electron chi connectivity index (χ3n) is 2.31. The Labute approximate surface area is 124 Å². The van der Waals surface area contributed by atoms with E-state index in [1.807, 2.05) is 12.1 Å². The first-order valence-electron chi connectivity index (χ1n) is 5.68. The average molecular weight is 308 g/mol. The summed E-state index contributed by atoms with van der Waals surface area (Å²) < 4.78 is 5.52. The van der Waals surface area contributed by atoms with E-state index >= 15 is 0 Å². The van der Waals surface area contributed by atoms with Crippen LogP contribution in [0.4, 0.5) is 0 Å². The first-order chi connectivity index (χ1) is 10.0. The van der Waals surface area contributed by atoms with Crippen LogP contribution in [0.2, 0.25) is 5.02 Å². The molecule has 0 unspecified atom stereocenters.